The Kier molecular flexibility index (Phi) is 3.55. The predicted octanol–water partition coefficient (Wildman–Crippen LogP) is 2.33. The van der Waals surface area contributed by atoms with E-state index in [2.05, 4.69) is 26.9 Å². The van der Waals surface area contributed by atoms with Crippen LogP contribution < -0.4 is 0 Å². The van der Waals surface area contributed by atoms with Crippen LogP contribution in [0.25, 0.3) is 11.5 Å². The van der Waals surface area contributed by atoms with Crippen LogP contribution in [-0.2, 0) is 0 Å². The molecule has 1 aliphatic heterocycles. The van der Waals surface area contributed by atoms with Crippen LogP contribution in [0.2, 0.25) is 0 Å². The molecule has 100 valence electrons. The van der Waals surface area contributed by atoms with E-state index in [0.717, 1.165) is 31.1 Å². The minimum absolute atomic E-state index is 0.360. The molecule has 1 aliphatic rings. The lowest BCUT2D eigenvalue weighted by Crippen LogP contribution is -2.34. The molecule has 1 atom stereocenters. The lowest BCUT2D eigenvalue weighted by molar-refractivity contribution is 0.195. The molecule has 0 bridgehead atoms. The Labute approximate surface area is 112 Å². The summed E-state index contributed by atoms with van der Waals surface area (Å²) >= 11 is 0. The topological polar surface area (TPSA) is 55.1 Å². The minimum Gasteiger partial charge on any atom is -0.339 e. The van der Waals surface area contributed by atoms with Gasteiger partial charge >= 0.3 is 0 Å². The van der Waals surface area contributed by atoms with Crippen LogP contribution in [0, 0.1) is 0 Å². The standard InChI is InChI=1S/C14H18N4O/c1-2-18-9-5-6-11(10-18)14-16-13(17-19-14)12-7-3-4-8-15-12/h3-4,7-8,11H,2,5-6,9-10H2,1H3. The number of likely N-dealkylation sites (tertiary alicyclic amines) is 1. The molecule has 0 N–H and O–H groups in total. The normalized spacial score (nSPS) is 20.6. The molecule has 0 aromatic carbocycles. The summed E-state index contributed by atoms with van der Waals surface area (Å²) in [5.41, 5.74) is 0.764. The average Bonchev–Trinajstić information content (AvgIpc) is 2.98. The first-order valence-corrected chi connectivity index (χ1v) is 6.84. The Balaban J connectivity index is 1.78. The molecular weight excluding hydrogens is 240 g/mol. The summed E-state index contributed by atoms with van der Waals surface area (Å²) in [5, 5.41) is 4.05. The van der Waals surface area contributed by atoms with Crippen molar-refractivity contribution < 1.29 is 4.52 Å². The quantitative estimate of drug-likeness (QED) is 0.845. The van der Waals surface area contributed by atoms with Gasteiger partial charge in [-0.3, -0.25) is 4.98 Å². The van der Waals surface area contributed by atoms with Crippen molar-refractivity contribution in [2.24, 2.45) is 0 Å². The SMILES string of the molecule is CCN1CCCC(c2nc(-c3ccccn3)no2)C1. The molecule has 2 aromatic rings. The fourth-order valence-electron chi connectivity index (χ4n) is 2.54. The van der Waals surface area contributed by atoms with E-state index in [1.165, 1.54) is 13.0 Å². The third-order valence-electron chi connectivity index (χ3n) is 3.64. The predicted molar refractivity (Wildman–Crippen MR) is 71.6 cm³/mol. The molecule has 3 rings (SSSR count). The average molecular weight is 258 g/mol. The third-order valence-corrected chi connectivity index (χ3v) is 3.64. The molecule has 1 unspecified atom stereocenters. The number of likely N-dealkylation sites (N-methyl/N-ethyl adjacent to an activating group) is 1. The minimum atomic E-state index is 0.360. The fourth-order valence-corrected chi connectivity index (χ4v) is 2.54. The highest BCUT2D eigenvalue weighted by Gasteiger charge is 2.25. The Morgan fingerprint density at radius 2 is 2.37 bits per heavy atom. The summed E-state index contributed by atoms with van der Waals surface area (Å²) in [7, 11) is 0. The molecule has 0 spiro atoms. The second-order valence-corrected chi connectivity index (χ2v) is 4.90. The Morgan fingerprint density at radius 3 is 3.16 bits per heavy atom. The summed E-state index contributed by atoms with van der Waals surface area (Å²) in [6.45, 7) is 5.46. The Morgan fingerprint density at radius 1 is 1.42 bits per heavy atom. The molecule has 0 saturated carbocycles. The van der Waals surface area contributed by atoms with Gasteiger partial charge in [-0.05, 0) is 38.1 Å². The summed E-state index contributed by atoms with van der Waals surface area (Å²) < 4.78 is 5.42. The molecule has 3 heterocycles. The van der Waals surface area contributed by atoms with E-state index in [4.69, 9.17) is 4.52 Å². The zero-order valence-electron chi connectivity index (χ0n) is 11.1. The summed E-state index contributed by atoms with van der Waals surface area (Å²) in [4.78, 5) is 11.2. The zero-order valence-corrected chi connectivity index (χ0v) is 11.1. The van der Waals surface area contributed by atoms with Gasteiger partial charge in [-0.1, -0.05) is 18.1 Å². The van der Waals surface area contributed by atoms with Gasteiger partial charge in [-0.15, -0.1) is 0 Å². The monoisotopic (exact) mass is 258 g/mol. The van der Waals surface area contributed by atoms with Crippen LogP contribution in [0.4, 0.5) is 0 Å². The molecule has 5 heteroatoms. The van der Waals surface area contributed by atoms with E-state index in [-0.39, 0.29) is 0 Å². The zero-order chi connectivity index (χ0) is 13.1. The van der Waals surface area contributed by atoms with Crippen LogP contribution >= 0.6 is 0 Å². The molecule has 0 amide bonds. The van der Waals surface area contributed by atoms with Crippen LogP contribution in [0.1, 0.15) is 31.6 Å². The van der Waals surface area contributed by atoms with E-state index < -0.39 is 0 Å². The highest BCUT2D eigenvalue weighted by Crippen LogP contribution is 2.26. The second kappa shape index (κ2) is 5.48. The van der Waals surface area contributed by atoms with E-state index in [9.17, 15) is 0 Å². The first-order valence-electron chi connectivity index (χ1n) is 6.84. The van der Waals surface area contributed by atoms with Crippen molar-refractivity contribution in [3.05, 3.63) is 30.3 Å². The maximum absolute atomic E-state index is 5.42. The summed E-state index contributed by atoms with van der Waals surface area (Å²) in [6, 6.07) is 5.70. The first kappa shape index (κ1) is 12.3. The van der Waals surface area contributed by atoms with Gasteiger partial charge in [0, 0.05) is 12.7 Å². The number of nitrogens with zero attached hydrogens (tertiary/aromatic N) is 4. The van der Waals surface area contributed by atoms with Crippen molar-refractivity contribution in [1.82, 2.24) is 20.0 Å². The van der Waals surface area contributed by atoms with Gasteiger partial charge < -0.3 is 9.42 Å². The maximum atomic E-state index is 5.42. The van der Waals surface area contributed by atoms with Crippen LogP contribution in [0.5, 0.6) is 0 Å². The highest BCUT2D eigenvalue weighted by atomic mass is 16.5. The van der Waals surface area contributed by atoms with Crippen LogP contribution in [-0.4, -0.2) is 39.7 Å². The van der Waals surface area contributed by atoms with Gasteiger partial charge in [0.15, 0.2) is 0 Å². The van der Waals surface area contributed by atoms with Crippen molar-refractivity contribution in [2.75, 3.05) is 19.6 Å². The molecular formula is C14H18N4O. The van der Waals surface area contributed by atoms with E-state index >= 15 is 0 Å². The second-order valence-electron chi connectivity index (χ2n) is 4.90. The first-order chi connectivity index (χ1) is 9.36. The molecule has 0 radical (unpaired) electrons. The summed E-state index contributed by atoms with van der Waals surface area (Å²) in [6.07, 6.45) is 4.06. The van der Waals surface area contributed by atoms with Gasteiger partial charge in [0.25, 0.3) is 0 Å². The largest absolute Gasteiger partial charge is 0.339 e. The van der Waals surface area contributed by atoms with Gasteiger partial charge in [-0.2, -0.15) is 4.98 Å². The van der Waals surface area contributed by atoms with Crippen molar-refractivity contribution in [3.63, 3.8) is 0 Å². The van der Waals surface area contributed by atoms with Crippen LogP contribution in [0.15, 0.2) is 28.9 Å². The van der Waals surface area contributed by atoms with Gasteiger partial charge in [-0.25, -0.2) is 0 Å². The molecule has 0 aliphatic carbocycles. The van der Waals surface area contributed by atoms with Crippen molar-refractivity contribution >= 4 is 0 Å². The fraction of sp³-hybridized carbons (Fsp3) is 0.500. The number of piperidine rings is 1. The third kappa shape index (κ3) is 2.66. The number of rotatable bonds is 3. The smallest absolute Gasteiger partial charge is 0.231 e. The molecule has 5 nitrogen and oxygen atoms in total. The number of hydrogen-bond acceptors (Lipinski definition) is 5. The Hall–Kier alpha value is -1.75. The molecule has 2 aromatic heterocycles. The lowest BCUT2D eigenvalue weighted by atomic mass is 9.98. The molecule has 1 fully saturated rings. The summed E-state index contributed by atoms with van der Waals surface area (Å²) in [5.74, 6) is 1.70. The molecule has 1 saturated heterocycles. The van der Waals surface area contributed by atoms with Gasteiger partial charge in [0.2, 0.25) is 11.7 Å². The highest BCUT2D eigenvalue weighted by molar-refractivity contribution is 5.47. The van der Waals surface area contributed by atoms with Crippen molar-refractivity contribution in [2.45, 2.75) is 25.7 Å². The molecule has 19 heavy (non-hydrogen) atoms. The van der Waals surface area contributed by atoms with Crippen LogP contribution in [0.3, 0.4) is 0 Å². The maximum Gasteiger partial charge on any atom is 0.231 e. The van der Waals surface area contributed by atoms with E-state index in [1.807, 2.05) is 18.2 Å². The van der Waals surface area contributed by atoms with Crippen molar-refractivity contribution in [3.8, 4) is 11.5 Å². The number of pyridine rings is 1. The van der Waals surface area contributed by atoms with E-state index in [1.54, 1.807) is 6.20 Å². The van der Waals surface area contributed by atoms with Gasteiger partial charge in [0.05, 0.1) is 5.92 Å². The number of hydrogen-bond donors (Lipinski definition) is 0. The number of aromatic nitrogens is 3. The van der Waals surface area contributed by atoms with E-state index in [0.29, 0.717) is 11.7 Å². The lowest BCUT2D eigenvalue weighted by Gasteiger charge is -2.29. The Bertz CT molecular complexity index is 525. The van der Waals surface area contributed by atoms with Crippen molar-refractivity contribution in [1.29, 1.82) is 0 Å². The van der Waals surface area contributed by atoms with Gasteiger partial charge in [0.1, 0.15) is 5.69 Å².